The van der Waals surface area contributed by atoms with Gasteiger partial charge in [0.15, 0.2) is 0 Å². The van der Waals surface area contributed by atoms with Gasteiger partial charge in [-0.15, -0.1) is 0 Å². The van der Waals surface area contributed by atoms with E-state index in [1.807, 2.05) is 6.92 Å². The Labute approximate surface area is 127 Å². The van der Waals surface area contributed by atoms with Crippen molar-refractivity contribution < 1.29 is 9.59 Å². The third-order valence-electron chi connectivity index (χ3n) is 3.76. The molecule has 0 bridgehead atoms. The molecule has 1 aromatic carbocycles. The largest absolute Gasteiger partial charge is 0.352 e. The first kappa shape index (κ1) is 15.0. The maximum atomic E-state index is 11.8. The van der Waals surface area contributed by atoms with Crippen LogP contribution in [0.3, 0.4) is 0 Å². The van der Waals surface area contributed by atoms with E-state index in [4.69, 9.17) is 0 Å². The molecule has 0 unspecified atom stereocenters. The van der Waals surface area contributed by atoms with Gasteiger partial charge in [-0.1, -0.05) is 22.4 Å². The van der Waals surface area contributed by atoms with E-state index in [0.29, 0.717) is 11.5 Å². The summed E-state index contributed by atoms with van der Waals surface area (Å²) in [6.07, 6.45) is 3.63. The minimum Gasteiger partial charge on any atom is -0.352 e. The maximum absolute atomic E-state index is 11.8. The van der Waals surface area contributed by atoms with Crippen LogP contribution in [-0.4, -0.2) is 24.4 Å². The lowest BCUT2D eigenvalue weighted by Gasteiger charge is -2.31. The first-order valence-electron chi connectivity index (χ1n) is 6.89. The van der Waals surface area contributed by atoms with Crippen molar-refractivity contribution in [2.75, 3.05) is 6.54 Å². The monoisotopic (exact) mass is 338 g/mol. The molecule has 2 amide bonds. The molecule has 0 aliphatic heterocycles. The summed E-state index contributed by atoms with van der Waals surface area (Å²) in [7, 11) is 0. The molecule has 20 heavy (non-hydrogen) atoms. The van der Waals surface area contributed by atoms with Crippen LogP contribution in [0.1, 0.15) is 36.5 Å². The van der Waals surface area contributed by atoms with Crippen LogP contribution in [0.2, 0.25) is 0 Å². The Bertz CT molecular complexity index is 483. The molecule has 1 fully saturated rings. The number of nitrogens with one attached hydrogen (secondary N) is 2. The number of benzene rings is 1. The van der Waals surface area contributed by atoms with Crippen molar-refractivity contribution in [1.82, 2.24) is 10.6 Å². The van der Waals surface area contributed by atoms with Gasteiger partial charge in [0.2, 0.25) is 5.91 Å². The first-order chi connectivity index (χ1) is 9.56. The number of halogens is 1. The van der Waals surface area contributed by atoms with Crippen molar-refractivity contribution in [3.8, 4) is 0 Å². The summed E-state index contributed by atoms with van der Waals surface area (Å²) in [5.74, 6) is 0.236. The maximum Gasteiger partial charge on any atom is 0.251 e. The summed E-state index contributed by atoms with van der Waals surface area (Å²) < 4.78 is 0.918. The molecule has 2 rings (SSSR count). The lowest BCUT2D eigenvalue weighted by atomic mass is 9.80. The Morgan fingerprint density at radius 2 is 1.95 bits per heavy atom. The van der Waals surface area contributed by atoms with Gasteiger partial charge in [-0.25, -0.2) is 0 Å². The molecule has 0 spiro atoms. The second kappa shape index (κ2) is 6.88. The van der Waals surface area contributed by atoms with Crippen LogP contribution >= 0.6 is 15.9 Å². The normalized spacial score (nSPS) is 16.1. The number of carbonyl (C=O) groups excluding carboxylic acids is 2. The van der Waals surface area contributed by atoms with Crippen molar-refractivity contribution in [3.05, 3.63) is 34.3 Å². The lowest BCUT2D eigenvalue weighted by Crippen LogP contribution is -2.45. The van der Waals surface area contributed by atoms with E-state index in [1.54, 1.807) is 24.3 Å². The Morgan fingerprint density at radius 1 is 1.30 bits per heavy atom. The summed E-state index contributed by atoms with van der Waals surface area (Å²) in [5, 5.41) is 5.57. The number of hydrogen-bond donors (Lipinski definition) is 2. The summed E-state index contributed by atoms with van der Waals surface area (Å²) >= 11 is 3.31. The average Bonchev–Trinajstić information content (AvgIpc) is 2.34. The van der Waals surface area contributed by atoms with Crippen molar-refractivity contribution in [3.63, 3.8) is 0 Å². The predicted octanol–water partition coefficient (Wildman–Crippen LogP) is 2.48. The number of carbonyl (C=O) groups is 2. The molecule has 0 radical (unpaired) electrons. The highest BCUT2D eigenvalue weighted by Gasteiger charge is 2.24. The number of hydrogen-bond acceptors (Lipinski definition) is 2. The summed E-state index contributed by atoms with van der Waals surface area (Å²) in [6.45, 7) is 2.05. The molecular weight excluding hydrogens is 320 g/mol. The summed E-state index contributed by atoms with van der Waals surface area (Å²) in [4.78, 5) is 23.6. The van der Waals surface area contributed by atoms with Gasteiger partial charge in [0.1, 0.15) is 0 Å². The number of rotatable bonds is 5. The second-order valence-electron chi connectivity index (χ2n) is 5.24. The molecular formula is C15H19BrN2O2. The van der Waals surface area contributed by atoms with Crippen molar-refractivity contribution >= 4 is 27.7 Å². The van der Waals surface area contributed by atoms with Gasteiger partial charge in [-0.2, -0.15) is 0 Å². The van der Waals surface area contributed by atoms with E-state index < -0.39 is 0 Å². The van der Waals surface area contributed by atoms with Crippen LogP contribution in [-0.2, 0) is 4.79 Å². The Hall–Kier alpha value is -1.36. The average molecular weight is 339 g/mol. The minimum atomic E-state index is -0.232. The number of amides is 2. The minimum absolute atomic E-state index is 0.0198. The molecule has 0 aromatic heterocycles. The van der Waals surface area contributed by atoms with Crippen LogP contribution in [0, 0.1) is 5.92 Å². The quantitative estimate of drug-likeness (QED) is 0.866. The van der Waals surface area contributed by atoms with Gasteiger partial charge in [-0.05, 0) is 49.9 Å². The zero-order valence-corrected chi connectivity index (χ0v) is 13.1. The van der Waals surface area contributed by atoms with E-state index >= 15 is 0 Å². The molecule has 1 saturated carbocycles. The van der Waals surface area contributed by atoms with Crippen LogP contribution in [0.25, 0.3) is 0 Å². The van der Waals surface area contributed by atoms with Crippen molar-refractivity contribution in [2.24, 2.45) is 5.92 Å². The second-order valence-corrected chi connectivity index (χ2v) is 6.15. The molecule has 1 aliphatic rings. The Kier molecular flexibility index (Phi) is 5.17. The lowest BCUT2D eigenvalue weighted by molar-refractivity contribution is -0.121. The molecule has 5 heteroatoms. The molecule has 108 valence electrons. The summed E-state index contributed by atoms with van der Waals surface area (Å²) in [6, 6.07) is 7.23. The zero-order valence-electron chi connectivity index (χ0n) is 11.5. The molecule has 1 aliphatic carbocycles. The first-order valence-corrected chi connectivity index (χ1v) is 7.68. The molecule has 1 aromatic rings. The van der Waals surface area contributed by atoms with Crippen molar-refractivity contribution in [1.29, 1.82) is 0 Å². The van der Waals surface area contributed by atoms with E-state index in [1.165, 1.54) is 19.3 Å². The Balaban J connectivity index is 1.75. The fraction of sp³-hybridized carbons (Fsp3) is 0.467. The van der Waals surface area contributed by atoms with Crippen LogP contribution < -0.4 is 10.6 Å². The van der Waals surface area contributed by atoms with Gasteiger partial charge < -0.3 is 10.6 Å². The van der Waals surface area contributed by atoms with E-state index in [9.17, 15) is 9.59 Å². The predicted molar refractivity (Wildman–Crippen MR) is 81.4 cm³/mol. The fourth-order valence-electron chi connectivity index (χ4n) is 2.23. The smallest absolute Gasteiger partial charge is 0.251 e. The summed E-state index contributed by atoms with van der Waals surface area (Å²) in [5.41, 5.74) is 0.549. The van der Waals surface area contributed by atoms with E-state index in [-0.39, 0.29) is 24.4 Å². The van der Waals surface area contributed by atoms with Gasteiger partial charge in [0, 0.05) is 16.1 Å². The SMILES string of the molecule is C[C@H](NC(=O)CNC(=O)c1ccc(Br)cc1)C1CCC1. The Morgan fingerprint density at radius 3 is 2.50 bits per heavy atom. The van der Waals surface area contributed by atoms with Gasteiger partial charge in [0.25, 0.3) is 5.91 Å². The standard InChI is InChI=1S/C15H19BrN2O2/c1-10(11-3-2-4-11)18-14(19)9-17-15(20)12-5-7-13(16)8-6-12/h5-8,10-11H,2-4,9H2,1H3,(H,17,20)(H,18,19)/t10-/m0/s1. The van der Waals surface area contributed by atoms with Crippen molar-refractivity contribution in [2.45, 2.75) is 32.2 Å². The third-order valence-corrected chi connectivity index (χ3v) is 4.29. The topological polar surface area (TPSA) is 58.2 Å². The highest BCUT2D eigenvalue weighted by atomic mass is 79.9. The molecule has 4 nitrogen and oxygen atoms in total. The fourth-order valence-corrected chi connectivity index (χ4v) is 2.49. The third kappa shape index (κ3) is 4.07. The van der Waals surface area contributed by atoms with E-state index in [2.05, 4.69) is 26.6 Å². The van der Waals surface area contributed by atoms with Gasteiger partial charge in [-0.3, -0.25) is 9.59 Å². The zero-order chi connectivity index (χ0) is 14.5. The van der Waals surface area contributed by atoms with Gasteiger partial charge >= 0.3 is 0 Å². The van der Waals surface area contributed by atoms with Crippen LogP contribution in [0.15, 0.2) is 28.7 Å². The molecule has 2 N–H and O–H groups in total. The van der Waals surface area contributed by atoms with Gasteiger partial charge in [0.05, 0.1) is 6.54 Å². The highest BCUT2D eigenvalue weighted by molar-refractivity contribution is 9.10. The molecule has 1 atom stereocenters. The van der Waals surface area contributed by atoms with Crippen LogP contribution in [0.5, 0.6) is 0 Å². The highest BCUT2D eigenvalue weighted by Crippen LogP contribution is 2.29. The molecule has 0 saturated heterocycles. The van der Waals surface area contributed by atoms with Crippen LogP contribution in [0.4, 0.5) is 0 Å². The molecule has 0 heterocycles. The van der Waals surface area contributed by atoms with E-state index in [0.717, 1.165) is 4.47 Å².